The molecular weight excluding hydrogens is 432 g/mol. The second kappa shape index (κ2) is 10.1. The third-order valence-corrected chi connectivity index (χ3v) is 4.46. The van der Waals surface area contributed by atoms with Crippen LogP contribution in [0.15, 0.2) is 91.0 Å². The lowest BCUT2D eigenvalue weighted by Gasteiger charge is -2.12. The number of phenols is 1. The summed E-state index contributed by atoms with van der Waals surface area (Å²) in [6, 6.07) is 22.9. The van der Waals surface area contributed by atoms with Gasteiger partial charge in [-0.2, -0.15) is 15.0 Å². The molecule has 0 fully saturated rings. The lowest BCUT2D eigenvalue weighted by atomic mass is 10.3. The van der Waals surface area contributed by atoms with Crippen LogP contribution in [0.4, 0.5) is 34.9 Å². The zero-order valence-electron chi connectivity index (χ0n) is 18.3. The highest BCUT2D eigenvalue weighted by Crippen LogP contribution is 2.23. The minimum Gasteiger partial charge on any atom is -0.508 e. The average molecular weight is 454 g/mol. The second-order valence-electron chi connectivity index (χ2n) is 7.29. The molecule has 0 amide bonds. The predicted molar refractivity (Wildman–Crippen MR) is 131 cm³/mol. The number of aromatic hydroxyl groups is 1. The van der Waals surface area contributed by atoms with Gasteiger partial charge in [0.05, 0.1) is 0 Å². The Morgan fingerprint density at radius 3 is 1.65 bits per heavy atom. The molecule has 4 rings (SSSR count). The number of phenolic OH excluding ortho intramolecular Hbond substituents is 1. The fourth-order valence-electron chi connectivity index (χ4n) is 2.80. The van der Waals surface area contributed by atoms with E-state index >= 15 is 0 Å². The first-order valence-electron chi connectivity index (χ1n) is 10.3. The lowest BCUT2D eigenvalue weighted by molar-refractivity contribution is -0.130. The number of carbonyl (C=O) groups is 1. The summed E-state index contributed by atoms with van der Waals surface area (Å²) < 4.78 is 5.22. The number of para-hydroxylation sites is 1. The van der Waals surface area contributed by atoms with Crippen LogP contribution in [0.5, 0.6) is 11.5 Å². The maximum Gasteiger partial charge on any atom is 0.338 e. The Labute approximate surface area is 196 Å². The maximum atomic E-state index is 11.7. The number of esters is 1. The number of nitrogens with one attached hydrogen (secondary N) is 3. The third-order valence-electron chi connectivity index (χ3n) is 4.46. The molecule has 0 aliphatic heterocycles. The molecule has 0 aliphatic rings. The molecule has 9 nitrogen and oxygen atoms in total. The third kappa shape index (κ3) is 6.07. The van der Waals surface area contributed by atoms with Crippen LogP contribution < -0.4 is 20.7 Å². The van der Waals surface area contributed by atoms with Crippen molar-refractivity contribution in [3.05, 3.63) is 91.0 Å². The Kier molecular flexibility index (Phi) is 6.64. The van der Waals surface area contributed by atoms with E-state index < -0.39 is 5.97 Å². The summed E-state index contributed by atoms with van der Waals surface area (Å²) >= 11 is 0. The molecule has 0 spiro atoms. The van der Waals surface area contributed by atoms with Gasteiger partial charge in [-0.1, -0.05) is 24.8 Å². The summed E-state index contributed by atoms with van der Waals surface area (Å²) in [7, 11) is 0. The largest absolute Gasteiger partial charge is 0.508 e. The molecule has 0 atom stereocenters. The molecule has 0 unspecified atom stereocenters. The van der Waals surface area contributed by atoms with Gasteiger partial charge in [-0.05, 0) is 67.6 Å². The Balaban J connectivity index is 1.57. The molecule has 0 saturated heterocycles. The van der Waals surface area contributed by atoms with Gasteiger partial charge in [0.25, 0.3) is 0 Å². The van der Waals surface area contributed by atoms with Gasteiger partial charge in [0.1, 0.15) is 11.5 Å². The SMILES string of the molecule is C=C(C)C(=O)Oc1ccc(Nc2nc(Nc3ccccc3)nc(Nc3ccc(O)cc3)n2)cc1. The fraction of sp³-hybridized carbons (Fsp3) is 0.0400. The lowest BCUT2D eigenvalue weighted by Crippen LogP contribution is -2.08. The van der Waals surface area contributed by atoms with Crippen molar-refractivity contribution in [3.8, 4) is 11.5 Å². The van der Waals surface area contributed by atoms with Gasteiger partial charge in [-0.25, -0.2) is 4.79 Å². The van der Waals surface area contributed by atoms with Crippen LogP contribution in [0.1, 0.15) is 6.92 Å². The highest BCUT2D eigenvalue weighted by atomic mass is 16.5. The van der Waals surface area contributed by atoms with Gasteiger partial charge in [0.15, 0.2) is 0 Å². The maximum absolute atomic E-state index is 11.7. The topological polar surface area (TPSA) is 121 Å². The standard InChI is InChI=1S/C25H22N6O3/c1-16(2)22(33)34-21-14-10-19(11-15-21)28-25-30-23(26-17-6-4-3-5-7-17)29-24(31-25)27-18-8-12-20(32)13-9-18/h3-15,32H,1H2,2H3,(H3,26,27,28,29,30,31). The average Bonchev–Trinajstić information content (AvgIpc) is 2.82. The summed E-state index contributed by atoms with van der Waals surface area (Å²) in [5.41, 5.74) is 2.52. The minimum absolute atomic E-state index is 0.160. The Morgan fingerprint density at radius 2 is 1.18 bits per heavy atom. The number of carbonyl (C=O) groups excluding carboxylic acids is 1. The quantitative estimate of drug-likeness (QED) is 0.122. The molecule has 1 heterocycles. The number of anilines is 6. The van der Waals surface area contributed by atoms with Crippen molar-refractivity contribution in [2.75, 3.05) is 16.0 Å². The van der Waals surface area contributed by atoms with Crippen molar-refractivity contribution < 1.29 is 14.6 Å². The van der Waals surface area contributed by atoms with Gasteiger partial charge in [0.2, 0.25) is 17.8 Å². The molecule has 9 heteroatoms. The van der Waals surface area contributed by atoms with Crippen molar-refractivity contribution >= 4 is 40.9 Å². The van der Waals surface area contributed by atoms with Gasteiger partial charge in [0, 0.05) is 22.6 Å². The monoisotopic (exact) mass is 454 g/mol. The number of hydrogen-bond donors (Lipinski definition) is 4. The molecule has 1 aromatic heterocycles. The van der Waals surface area contributed by atoms with Crippen LogP contribution in [0.25, 0.3) is 0 Å². The first-order valence-corrected chi connectivity index (χ1v) is 10.3. The second-order valence-corrected chi connectivity index (χ2v) is 7.29. The van der Waals surface area contributed by atoms with Gasteiger partial charge in [-0.15, -0.1) is 0 Å². The van der Waals surface area contributed by atoms with Crippen molar-refractivity contribution in [3.63, 3.8) is 0 Å². The highest BCUT2D eigenvalue weighted by molar-refractivity contribution is 5.88. The van der Waals surface area contributed by atoms with Crippen LogP contribution in [0.3, 0.4) is 0 Å². The van der Waals surface area contributed by atoms with E-state index in [0.717, 1.165) is 5.69 Å². The zero-order chi connectivity index (χ0) is 23.9. The molecule has 34 heavy (non-hydrogen) atoms. The van der Waals surface area contributed by atoms with Crippen molar-refractivity contribution in [2.45, 2.75) is 6.92 Å². The van der Waals surface area contributed by atoms with Crippen LogP contribution >= 0.6 is 0 Å². The van der Waals surface area contributed by atoms with E-state index in [0.29, 0.717) is 40.5 Å². The van der Waals surface area contributed by atoms with E-state index in [2.05, 4.69) is 37.5 Å². The van der Waals surface area contributed by atoms with E-state index in [1.165, 1.54) is 0 Å². The molecule has 0 saturated carbocycles. The summed E-state index contributed by atoms with van der Waals surface area (Å²) in [5, 5.41) is 18.9. The number of hydrogen-bond acceptors (Lipinski definition) is 9. The minimum atomic E-state index is -0.486. The van der Waals surface area contributed by atoms with E-state index in [4.69, 9.17) is 4.74 Å². The van der Waals surface area contributed by atoms with E-state index in [1.54, 1.807) is 55.5 Å². The number of benzene rings is 3. The van der Waals surface area contributed by atoms with Crippen LogP contribution in [0.2, 0.25) is 0 Å². The summed E-state index contributed by atoms with van der Waals surface area (Å²) in [4.78, 5) is 25.0. The van der Waals surface area contributed by atoms with E-state index in [1.807, 2.05) is 30.3 Å². The molecule has 0 aliphatic carbocycles. The molecule has 0 radical (unpaired) electrons. The Bertz CT molecular complexity index is 1290. The predicted octanol–water partition coefficient (Wildman–Crippen LogP) is 5.29. The number of aromatic nitrogens is 3. The molecule has 0 bridgehead atoms. The first kappa shape index (κ1) is 22.3. The van der Waals surface area contributed by atoms with Crippen molar-refractivity contribution in [1.82, 2.24) is 15.0 Å². The van der Waals surface area contributed by atoms with E-state index in [-0.39, 0.29) is 5.75 Å². The normalized spacial score (nSPS) is 10.3. The number of nitrogens with zero attached hydrogens (tertiary/aromatic N) is 3. The summed E-state index contributed by atoms with van der Waals surface area (Å²) in [6.45, 7) is 5.16. The Hall–Kier alpha value is -4.92. The Morgan fingerprint density at radius 1 is 0.735 bits per heavy atom. The van der Waals surface area contributed by atoms with E-state index in [9.17, 15) is 9.90 Å². The smallest absolute Gasteiger partial charge is 0.338 e. The molecule has 4 N–H and O–H groups in total. The molecule has 3 aromatic carbocycles. The first-order chi connectivity index (χ1) is 16.4. The zero-order valence-corrected chi connectivity index (χ0v) is 18.3. The molecule has 4 aromatic rings. The van der Waals surface area contributed by atoms with Crippen LogP contribution in [-0.2, 0) is 4.79 Å². The summed E-state index contributed by atoms with van der Waals surface area (Å²) in [6.07, 6.45) is 0. The van der Waals surface area contributed by atoms with Crippen LogP contribution in [-0.4, -0.2) is 26.0 Å². The van der Waals surface area contributed by atoms with Gasteiger partial charge >= 0.3 is 5.97 Å². The molecular formula is C25H22N6O3. The highest BCUT2D eigenvalue weighted by Gasteiger charge is 2.10. The number of ether oxygens (including phenoxy) is 1. The van der Waals surface area contributed by atoms with Crippen LogP contribution in [0, 0.1) is 0 Å². The fourth-order valence-corrected chi connectivity index (χ4v) is 2.80. The van der Waals surface area contributed by atoms with Crippen molar-refractivity contribution in [1.29, 1.82) is 0 Å². The summed E-state index contributed by atoms with van der Waals surface area (Å²) in [5.74, 6) is 0.995. The van der Waals surface area contributed by atoms with Gasteiger partial charge in [-0.3, -0.25) is 0 Å². The number of rotatable bonds is 8. The molecule has 170 valence electrons. The van der Waals surface area contributed by atoms with Gasteiger partial charge < -0.3 is 25.8 Å². The van der Waals surface area contributed by atoms with Crippen molar-refractivity contribution in [2.24, 2.45) is 0 Å².